The van der Waals surface area contributed by atoms with Gasteiger partial charge in [-0.25, -0.2) is 0 Å². The van der Waals surface area contributed by atoms with Crippen molar-refractivity contribution in [3.8, 4) is 22.6 Å². The minimum absolute atomic E-state index is 0.0317. The topological polar surface area (TPSA) is 184 Å². The Morgan fingerprint density at radius 2 is 1.52 bits per heavy atom. The quantitative estimate of drug-likeness (QED) is 0.163. The molecule has 0 radical (unpaired) electrons. The lowest BCUT2D eigenvalue weighted by atomic mass is 9.95. The summed E-state index contributed by atoms with van der Waals surface area (Å²) in [4.78, 5) is 56.2. The van der Waals surface area contributed by atoms with Gasteiger partial charge in [0.15, 0.2) is 0 Å². The molecule has 2 aliphatic heterocycles. The second kappa shape index (κ2) is 16.4. The summed E-state index contributed by atoms with van der Waals surface area (Å²) in [5.41, 5.74) is 2.43. The fraction of sp³-hybridized carbons (Fsp3) is 0.515. The van der Waals surface area contributed by atoms with E-state index in [1.807, 2.05) is 0 Å². The van der Waals surface area contributed by atoms with Crippen LogP contribution in [-0.2, 0) is 32.0 Å². The monoisotopic (exact) mass is 637 g/mol. The Bertz CT molecular complexity index is 1400. The van der Waals surface area contributed by atoms with Gasteiger partial charge >= 0.3 is 0 Å². The van der Waals surface area contributed by atoms with Crippen LogP contribution < -0.4 is 31.9 Å². The standard InChI is InChI=1S/C33H47N7O6/c1-34-12-4-6-24-30(43)39-26(33(46)40-15-5-7-27(40)32(45)37-14-13-35-2)19-23-17-21(9-11-29(23)42)20-8-10-28(41)22(16-20)18-25(36-3)31(44)38-24/h8-11,16-17,24-27,34-36,41-42H,4-7,12-15,18-19H2,1-3H3,(H,37,45)(H,38,44)(H,39,43)/t24-,25-,26-,27-/m0/s1. The second-order valence-electron chi connectivity index (χ2n) is 11.9. The number of rotatable bonds is 10. The Morgan fingerprint density at radius 3 is 2.15 bits per heavy atom. The number of likely N-dealkylation sites (tertiary alicyclic amines) is 1. The largest absolute Gasteiger partial charge is 0.508 e. The van der Waals surface area contributed by atoms with Crippen molar-refractivity contribution in [3.63, 3.8) is 0 Å². The van der Waals surface area contributed by atoms with Crippen molar-refractivity contribution in [2.24, 2.45) is 0 Å². The SMILES string of the molecule is CNCCC[C@@H]1NC(=O)[C@@H](NC)Cc2cc(ccc2O)-c2ccc(O)c(c2)C[C@@H](C(=O)N2CCC[C@H]2C(=O)NCCNC)NC1=O. The number of phenolic OH excluding ortho intramolecular Hbond substituents is 2. The number of nitrogens with one attached hydrogen (secondary N) is 6. The van der Waals surface area contributed by atoms with Gasteiger partial charge in [0.2, 0.25) is 23.6 Å². The average Bonchev–Trinajstić information content (AvgIpc) is 3.54. The summed E-state index contributed by atoms with van der Waals surface area (Å²) in [6, 6.07) is 6.59. The van der Waals surface area contributed by atoms with Crippen molar-refractivity contribution in [2.75, 3.05) is 47.3 Å². The van der Waals surface area contributed by atoms with Gasteiger partial charge in [-0.2, -0.15) is 0 Å². The normalized spacial score (nSPS) is 21.9. The van der Waals surface area contributed by atoms with E-state index < -0.39 is 41.9 Å². The van der Waals surface area contributed by atoms with Gasteiger partial charge in [-0.15, -0.1) is 0 Å². The zero-order chi connectivity index (χ0) is 33.2. The van der Waals surface area contributed by atoms with Crippen LogP contribution in [0.25, 0.3) is 11.1 Å². The van der Waals surface area contributed by atoms with Crippen LogP contribution in [0, 0.1) is 0 Å². The Labute approximate surface area is 269 Å². The molecule has 0 spiro atoms. The summed E-state index contributed by atoms with van der Waals surface area (Å²) in [6.45, 7) is 1.95. The van der Waals surface area contributed by atoms with Crippen molar-refractivity contribution < 1.29 is 29.4 Å². The summed E-state index contributed by atoms with van der Waals surface area (Å²) in [6.07, 6.45) is 2.12. The minimum Gasteiger partial charge on any atom is -0.508 e. The highest BCUT2D eigenvalue weighted by atomic mass is 16.3. The maximum Gasteiger partial charge on any atom is 0.246 e. The molecule has 0 aromatic heterocycles. The Balaban J connectivity index is 1.75. The number of likely N-dealkylation sites (N-methyl/N-ethyl adjacent to an activating group) is 2. The molecule has 13 nitrogen and oxygen atoms in total. The molecule has 0 aliphatic carbocycles. The van der Waals surface area contributed by atoms with Crippen LogP contribution in [0.3, 0.4) is 0 Å². The van der Waals surface area contributed by atoms with E-state index in [2.05, 4.69) is 31.9 Å². The molecule has 1 saturated heterocycles. The first kappa shape index (κ1) is 34.7. The molecule has 0 saturated carbocycles. The number of phenols is 2. The molecule has 4 amide bonds. The van der Waals surface area contributed by atoms with Crippen molar-refractivity contribution in [1.29, 1.82) is 0 Å². The van der Waals surface area contributed by atoms with Crippen LogP contribution in [0.2, 0.25) is 0 Å². The number of hydrogen-bond acceptors (Lipinski definition) is 9. The third-order valence-electron chi connectivity index (χ3n) is 8.69. The van der Waals surface area contributed by atoms with Gasteiger partial charge in [0.05, 0.1) is 6.04 Å². The van der Waals surface area contributed by atoms with E-state index in [9.17, 15) is 29.4 Å². The van der Waals surface area contributed by atoms with E-state index in [1.165, 1.54) is 11.0 Å². The Kier molecular flexibility index (Phi) is 12.4. The molecule has 13 heteroatoms. The van der Waals surface area contributed by atoms with Crippen LogP contribution in [0.5, 0.6) is 11.5 Å². The maximum atomic E-state index is 14.2. The summed E-state index contributed by atoms with van der Waals surface area (Å²) in [5.74, 6) is -1.67. The van der Waals surface area contributed by atoms with E-state index >= 15 is 0 Å². The first-order valence-electron chi connectivity index (χ1n) is 16.0. The summed E-state index contributed by atoms with van der Waals surface area (Å²) in [5, 5.41) is 39.2. The van der Waals surface area contributed by atoms with Crippen molar-refractivity contribution in [2.45, 2.75) is 62.7 Å². The van der Waals surface area contributed by atoms with Crippen molar-refractivity contribution >= 4 is 23.6 Å². The summed E-state index contributed by atoms with van der Waals surface area (Å²) < 4.78 is 0. The second-order valence-corrected chi connectivity index (χ2v) is 11.9. The van der Waals surface area contributed by atoms with Gasteiger partial charge in [-0.3, -0.25) is 19.2 Å². The number of amides is 4. The van der Waals surface area contributed by atoms with Crippen molar-refractivity contribution in [3.05, 3.63) is 47.5 Å². The molecule has 4 bridgehead atoms. The zero-order valence-electron chi connectivity index (χ0n) is 26.8. The fourth-order valence-corrected chi connectivity index (χ4v) is 6.05. The lowest BCUT2D eigenvalue weighted by Crippen LogP contribution is -2.58. The lowest BCUT2D eigenvalue weighted by molar-refractivity contribution is -0.141. The highest BCUT2D eigenvalue weighted by Crippen LogP contribution is 2.31. The van der Waals surface area contributed by atoms with Crippen LogP contribution in [0.15, 0.2) is 36.4 Å². The fourth-order valence-electron chi connectivity index (χ4n) is 6.05. The van der Waals surface area contributed by atoms with E-state index in [0.717, 1.165) is 11.1 Å². The Morgan fingerprint density at radius 1 is 0.870 bits per heavy atom. The van der Waals surface area contributed by atoms with E-state index in [1.54, 1.807) is 51.5 Å². The summed E-state index contributed by atoms with van der Waals surface area (Å²) >= 11 is 0. The molecule has 2 aliphatic rings. The third-order valence-corrected chi connectivity index (χ3v) is 8.69. The van der Waals surface area contributed by atoms with E-state index in [-0.39, 0.29) is 30.2 Å². The number of hydrogen-bond donors (Lipinski definition) is 8. The molecule has 4 atom stereocenters. The van der Waals surface area contributed by atoms with Gasteiger partial charge in [0.1, 0.15) is 29.6 Å². The highest BCUT2D eigenvalue weighted by molar-refractivity contribution is 5.95. The molecule has 2 heterocycles. The van der Waals surface area contributed by atoms with Crippen LogP contribution >= 0.6 is 0 Å². The average molecular weight is 638 g/mol. The van der Waals surface area contributed by atoms with E-state index in [0.29, 0.717) is 63.0 Å². The first-order chi connectivity index (χ1) is 22.2. The minimum atomic E-state index is -1.12. The maximum absolute atomic E-state index is 14.2. The zero-order valence-corrected chi connectivity index (χ0v) is 26.8. The molecule has 46 heavy (non-hydrogen) atoms. The van der Waals surface area contributed by atoms with E-state index in [4.69, 9.17) is 0 Å². The molecule has 250 valence electrons. The molecule has 0 unspecified atom stereocenters. The van der Waals surface area contributed by atoms with Gasteiger partial charge < -0.3 is 47.0 Å². The van der Waals surface area contributed by atoms with Gasteiger partial charge in [-0.1, -0.05) is 12.1 Å². The Hall–Kier alpha value is -4.20. The van der Waals surface area contributed by atoms with Gasteiger partial charge in [0, 0.05) is 32.5 Å². The van der Waals surface area contributed by atoms with Crippen molar-refractivity contribution in [1.82, 2.24) is 36.8 Å². The molecule has 4 rings (SSSR count). The van der Waals surface area contributed by atoms with Crippen LogP contribution in [0.4, 0.5) is 0 Å². The number of fused-ring (bicyclic) bond motifs is 5. The van der Waals surface area contributed by atoms with Gasteiger partial charge in [-0.05, 0) is 99.9 Å². The third kappa shape index (κ3) is 8.53. The first-order valence-corrected chi connectivity index (χ1v) is 16.0. The van der Waals surface area contributed by atoms with Crippen LogP contribution in [0.1, 0.15) is 36.8 Å². The predicted octanol–water partition coefficient (Wildman–Crippen LogP) is -0.253. The molecule has 2 aromatic carbocycles. The molecular weight excluding hydrogens is 590 g/mol. The smallest absolute Gasteiger partial charge is 0.246 e. The number of nitrogens with zero attached hydrogens (tertiary/aromatic N) is 1. The summed E-state index contributed by atoms with van der Waals surface area (Å²) in [7, 11) is 5.22. The van der Waals surface area contributed by atoms with Crippen LogP contribution in [-0.4, -0.2) is 110 Å². The van der Waals surface area contributed by atoms with Gasteiger partial charge in [0.25, 0.3) is 0 Å². The molecule has 1 fully saturated rings. The predicted molar refractivity (Wildman–Crippen MR) is 174 cm³/mol. The molecular formula is C33H47N7O6. The number of benzene rings is 2. The lowest BCUT2D eigenvalue weighted by Gasteiger charge is -2.30. The number of aromatic hydroxyl groups is 2. The number of carbonyl (C=O) groups is 4. The molecule has 2 aromatic rings. The number of carbonyl (C=O) groups excluding carboxylic acids is 4. The molecule has 8 N–H and O–H groups in total. The highest BCUT2D eigenvalue weighted by Gasteiger charge is 2.39.